The van der Waals surface area contributed by atoms with E-state index in [1.54, 1.807) is 12.1 Å². The highest BCUT2D eigenvalue weighted by atomic mass is 32.2. The number of fused-ring (bicyclic) bond motifs is 2. The maximum Gasteiger partial charge on any atom is 0.412 e. The average Bonchev–Trinajstić information content (AvgIpc) is 3.67. The lowest BCUT2D eigenvalue weighted by molar-refractivity contribution is -0.223. The van der Waals surface area contributed by atoms with Crippen LogP contribution in [0.3, 0.4) is 0 Å². The van der Waals surface area contributed by atoms with Crippen molar-refractivity contribution in [2.45, 2.75) is 106 Å². The van der Waals surface area contributed by atoms with Gasteiger partial charge in [0.25, 0.3) is 0 Å². The summed E-state index contributed by atoms with van der Waals surface area (Å²) >= 11 is 1.98. The zero-order valence-corrected chi connectivity index (χ0v) is 31.4. The fourth-order valence-corrected chi connectivity index (χ4v) is 10.6. The molecule has 0 saturated heterocycles. The molecule has 0 bridgehead atoms. The van der Waals surface area contributed by atoms with Crippen LogP contribution < -0.4 is 14.8 Å². The number of amides is 1. The molecule has 1 amide bonds. The predicted molar refractivity (Wildman–Crippen MR) is 206 cm³/mol. The quantitative estimate of drug-likeness (QED) is 0.0796. The number of hydrogen-bond acceptors (Lipinski definition) is 9. The van der Waals surface area contributed by atoms with E-state index < -0.39 is 11.9 Å². The van der Waals surface area contributed by atoms with E-state index in [0.29, 0.717) is 37.2 Å². The first kappa shape index (κ1) is 38.4. The number of thioether (sulfide) groups is 1. The molecule has 6 atom stereocenters. The van der Waals surface area contributed by atoms with Gasteiger partial charge in [-0.05, 0) is 86.6 Å². The van der Waals surface area contributed by atoms with Crippen LogP contribution in [0.1, 0.15) is 94.6 Å². The minimum Gasteiger partial charge on any atom is -0.460 e. The van der Waals surface area contributed by atoms with Gasteiger partial charge in [0.05, 0.1) is 23.5 Å². The third-order valence-electron chi connectivity index (χ3n) is 11.1. The van der Waals surface area contributed by atoms with Crippen LogP contribution in [0.15, 0.2) is 78.0 Å². The predicted octanol–water partition coefficient (Wildman–Crippen LogP) is 8.30. The van der Waals surface area contributed by atoms with Crippen LogP contribution in [-0.4, -0.2) is 64.7 Å². The van der Waals surface area contributed by atoms with E-state index in [2.05, 4.69) is 18.0 Å². The standard InChI is InChI=1S/C42H56N2O7S/c1-3-24-48-42-38(52-32-17-8-9-18-32)27-36(44-49-28-29-14-6-5-7-15-29)34-25-30(16-10-12-22-45)33(19-11-13-23-46)39(40(34)42)35-26-31(20-21-37(35)51-42)50-41(47)43-4-2/h3,5-7,14-15,20-21,25-26,30,32-33,38-40,45-46H,1,4,8-13,16-19,22-24,27-28H2,2H3,(H,43,47)/t30-,33+,38-,39+,40+,42+/m0/s1. The Kier molecular flexibility index (Phi) is 13.8. The topological polar surface area (TPSA) is 119 Å². The van der Waals surface area contributed by atoms with Gasteiger partial charge in [0.15, 0.2) is 0 Å². The molecular weight excluding hydrogens is 677 g/mol. The van der Waals surface area contributed by atoms with E-state index in [1.165, 1.54) is 25.7 Å². The van der Waals surface area contributed by atoms with Gasteiger partial charge in [0.1, 0.15) is 18.1 Å². The van der Waals surface area contributed by atoms with Gasteiger partial charge in [-0.15, -0.1) is 18.3 Å². The van der Waals surface area contributed by atoms with Gasteiger partial charge >= 0.3 is 6.09 Å². The van der Waals surface area contributed by atoms with Gasteiger partial charge in [-0.3, -0.25) is 0 Å². The van der Waals surface area contributed by atoms with E-state index in [9.17, 15) is 15.0 Å². The molecule has 1 heterocycles. The Morgan fingerprint density at radius 1 is 1.08 bits per heavy atom. The van der Waals surface area contributed by atoms with E-state index in [1.807, 2.05) is 61.2 Å². The number of aliphatic hydroxyl groups excluding tert-OH is 2. The zero-order valence-electron chi connectivity index (χ0n) is 30.5. The summed E-state index contributed by atoms with van der Waals surface area (Å²) in [5.74, 6) is 0.272. The van der Waals surface area contributed by atoms with Gasteiger partial charge < -0.3 is 34.6 Å². The number of unbranched alkanes of at least 4 members (excludes halogenated alkanes) is 2. The summed E-state index contributed by atoms with van der Waals surface area (Å²) in [6.45, 7) is 7.36. The molecule has 282 valence electrons. The number of hydrogen-bond donors (Lipinski definition) is 3. The average molecular weight is 733 g/mol. The molecule has 10 heteroatoms. The number of benzene rings is 2. The summed E-state index contributed by atoms with van der Waals surface area (Å²) in [4.78, 5) is 18.8. The maximum atomic E-state index is 12.6. The smallest absolute Gasteiger partial charge is 0.412 e. The van der Waals surface area contributed by atoms with Gasteiger partial charge in [-0.1, -0.05) is 73.3 Å². The first-order chi connectivity index (χ1) is 25.5. The molecule has 9 nitrogen and oxygen atoms in total. The largest absolute Gasteiger partial charge is 0.460 e. The molecule has 3 N–H and O–H groups in total. The van der Waals surface area contributed by atoms with Crippen LogP contribution in [0.5, 0.6) is 11.5 Å². The molecule has 0 spiro atoms. The van der Waals surface area contributed by atoms with Crippen LogP contribution in [0.2, 0.25) is 0 Å². The number of rotatable bonds is 18. The van der Waals surface area contributed by atoms with Crippen molar-refractivity contribution in [1.82, 2.24) is 5.32 Å². The molecule has 1 aliphatic heterocycles. The normalized spacial score (nSPS) is 27.2. The second kappa shape index (κ2) is 18.6. The van der Waals surface area contributed by atoms with Gasteiger partial charge in [0.2, 0.25) is 5.79 Å². The number of allylic oxidation sites excluding steroid dienone is 1. The highest BCUT2D eigenvalue weighted by molar-refractivity contribution is 8.00. The molecule has 3 aliphatic carbocycles. The van der Waals surface area contributed by atoms with Crippen molar-refractivity contribution in [3.8, 4) is 11.5 Å². The number of oxime groups is 1. The Morgan fingerprint density at radius 3 is 2.58 bits per heavy atom. The van der Waals surface area contributed by atoms with Crippen molar-refractivity contribution in [2.75, 3.05) is 26.4 Å². The molecule has 0 unspecified atom stereocenters. The molecule has 2 aromatic carbocycles. The Balaban J connectivity index is 1.51. The van der Waals surface area contributed by atoms with Gasteiger partial charge in [0, 0.05) is 42.9 Å². The lowest BCUT2D eigenvalue weighted by Gasteiger charge is -2.58. The lowest BCUT2D eigenvalue weighted by atomic mass is 9.56. The SMILES string of the molecule is C=CCO[C@@]12Oc3ccc(OC(=O)NCC)cc3[C@H]3[C@H](CCCCO)[C@@H](CCCCO)C=C(C(=NOCc4ccccc4)C[C@@H]1SC1CCCC1)[C@H]32. The summed E-state index contributed by atoms with van der Waals surface area (Å²) in [5.41, 5.74) is 4.08. The van der Waals surface area contributed by atoms with Crippen molar-refractivity contribution in [3.63, 3.8) is 0 Å². The monoisotopic (exact) mass is 732 g/mol. The Bertz CT molecular complexity index is 1540. The number of carbonyl (C=O) groups excluding carboxylic acids is 1. The molecule has 0 radical (unpaired) electrons. The van der Waals surface area contributed by atoms with E-state index in [4.69, 9.17) is 24.2 Å². The van der Waals surface area contributed by atoms with Crippen molar-refractivity contribution < 1.29 is 34.1 Å². The third kappa shape index (κ3) is 8.73. The summed E-state index contributed by atoms with van der Waals surface area (Å²) < 4.78 is 20.1. The molecule has 52 heavy (non-hydrogen) atoms. The van der Waals surface area contributed by atoms with Gasteiger partial charge in [-0.25, -0.2) is 4.79 Å². The van der Waals surface area contributed by atoms with Crippen molar-refractivity contribution in [2.24, 2.45) is 22.9 Å². The summed E-state index contributed by atoms with van der Waals surface area (Å²) in [6, 6.07) is 15.8. The fraction of sp³-hybridized carbons (Fsp3) is 0.571. The molecule has 2 aromatic rings. The van der Waals surface area contributed by atoms with Crippen LogP contribution in [0.25, 0.3) is 0 Å². The van der Waals surface area contributed by atoms with Crippen molar-refractivity contribution in [1.29, 1.82) is 0 Å². The highest BCUT2D eigenvalue weighted by Gasteiger charge is 2.64. The number of nitrogens with one attached hydrogen (secondary N) is 1. The third-order valence-corrected chi connectivity index (χ3v) is 12.7. The lowest BCUT2D eigenvalue weighted by Crippen LogP contribution is -2.64. The van der Waals surface area contributed by atoms with Crippen LogP contribution >= 0.6 is 11.8 Å². The molecule has 4 aliphatic rings. The fourth-order valence-electron chi connectivity index (χ4n) is 8.81. The molecule has 0 aromatic heterocycles. The van der Waals surface area contributed by atoms with E-state index >= 15 is 0 Å². The summed E-state index contributed by atoms with van der Waals surface area (Å²) in [5, 5.41) is 27.7. The second-order valence-corrected chi connectivity index (χ2v) is 16.0. The summed E-state index contributed by atoms with van der Waals surface area (Å²) in [7, 11) is 0. The number of nitrogens with zero attached hydrogens (tertiary/aromatic N) is 1. The Morgan fingerprint density at radius 2 is 1.85 bits per heavy atom. The number of aliphatic hydroxyl groups is 2. The second-order valence-electron chi connectivity index (χ2n) is 14.5. The Labute approximate surface area is 313 Å². The number of ether oxygens (including phenoxy) is 3. The first-order valence-corrected chi connectivity index (χ1v) is 20.3. The van der Waals surface area contributed by atoms with Crippen molar-refractivity contribution in [3.05, 3.63) is 84.0 Å². The number of carbonyl (C=O) groups is 1. The van der Waals surface area contributed by atoms with E-state index in [-0.39, 0.29) is 42.1 Å². The van der Waals surface area contributed by atoms with Crippen molar-refractivity contribution >= 4 is 23.6 Å². The van der Waals surface area contributed by atoms with E-state index in [0.717, 1.165) is 66.7 Å². The molecule has 6 rings (SSSR count). The zero-order chi connectivity index (χ0) is 36.3. The molecular formula is C42H56N2O7S. The minimum atomic E-state index is -1.00. The summed E-state index contributed by atoms with van der Waals surface area (Å²) in [6.07, 6.45) is 14.1. The van der Waals surface area contributed by atoms with Crippen LogP contribution in [0, 0.1) is 17.8 Å². The highest BCUT2D eigenvalue weighted by Crippen LogP contribution is 2.63. The minimum absolute atomic E-state index is 0.0597. The molecule has 2 fully saturated rings. The molecule has 2 saturated carbocycles. The maximum absolute atomic E-state index is 12.6. The Hall–Kier alpha value is -3.31. The van der Waals surface area contributed by atoms with Gasteiger partial charge in [-0.2, -0.15) is 0 Å². The first-order valence-electron chi connectivity index (χ1n) is 19.4. The van der Waals surface area contributed by atoms with Crippen LogP contribution in [-0.2, 0) is 16.2 Å². The van der Waals surface area contributed by atoms with Crippen LogP contribution in [0.4, 0.5) is 4.79 Å².